The second kappa shape index (κ2) is 3.98. The SMILES string of the molecule is O=C(c1cccc2oc(=O)[nH]c12)N1CCCC2(CC2)C1. The lowest BCUT2D eigenvalue weighted by molar-refractivity contribution is 0.0656. The fourth-order valence-electron chi connectivity index (χ4n) is 3.29. The molecule has 0 unspecified atom stereocenters. The third kappa shape index (κ3) is 1.77. The summed E-state index contributed by atoms with van der Waals surface area (Å²) in [5, 5.41) is 0. The molecule has 5 nitrogen and oxygen atoms in total. The van der Waals surface area contributed by atoms with Crippen molar-refractivity contribution in [2.75, 3.05) is 13.1 Å². The van der Waals surface area contributed by atoms with Gasteiger partial charge in [-0.1, -0.05) is 6.07 Å². The Balaban J connectivity index is 1.71. The van der Waals surface area contributed by atoms with E-state index in [0.29, 0.717) is 22.1 Å². The number of carbonyl (C=O) groups excluding carboxylic acids is 1. The minimum atomic E-state index is -0.516. The minimum absolute atomic E-state index is 0.00127. The standard InChI is InChI=1S/C15H16N2O3/c18-13(17-8-2-5-15(9-17)6-7-15)10-3-1-4-11-12(10)16-14(19)20-11/h1,3-4H,2,5-9H2,(H,16,19). The first-order chi connectivity index (χ1) is 9.67. The van der Waals surface area contributed by atoms with E-state index in [1.54, 1.807) is 18.2 Å². The maximum Gasteiger partial charge on any atom is 0.417 e. The molecule has 2 heterocycles. The van der Waals surface area contributed by atoms with E-state index in [0.717, 1.165) is 19.5 Å². The summed E-state index contributed by atoms with van der Waals surface area (Å²) < 4.78 is 5.02. The number of amides is 1. The number of hydrogen-bond acceptors (Lipinski definition) is 3. The summed E-state index contributed by atoms with van der Waals surface area (Å²) in [5.41, 5.74) is 1.88. The van der Waals surface area contributed by atoms with E-state index in [2.05, 4.69) is 4.98 Å². The highest BCUT2D eigenvalue weighted by molar-refractivity contribution is 6.04. The van der Waals surface area contributed by atoms with E-state index in [4.69, 9.17) is 4.42 Å². The molecule has 2 aliphatic rings. The summed E-state index contributed by atoms with van der Waals surface area (Å²) in [6, 6.07) is 5.20. The van der Waals surface area contributed by atoms with Crippen molar-refractivity contribution in [3.63, 3.8) is 0 Å². The first kappa shape index (κ1) is 11.8. The number of nitrogens with zero attached hydrogens (tertiary/aromatic N) is 1. The Morgan fingerprint density at radius 2 is 2.15 bits per heavy atom. The second-order valence-corrected chi connectivity index (χ2v) is 6.02. The van der Waals surface area contributed by atoms with Gasteiger partial charge in [-0.3, -0.25) is 9.78 Å². The summed E-state index contributed by atoms with van der Waals surface area (Å²) >= 11 is 0. The molecule has 1 aromatic heterocycles. The monoisotopic (exact) mass is 272 g/mol. The summed E-state index contributed by atoms with van der Waals surface area (Å²) in [7, 11) is 0. The van der Waals surface area contributed by atoms with Crippen molar-refractivity contribution in [1.29, 1.82) is 0 Å². The maximum atomic E-state index is 12.7. The van der Waals surface area contributed by atoms with Crippen LogP contribution in [-0.2, 0) is 0 Å². The van der Waals surface area contributed by atoms with Crippen LogP contribution < -0.4 is 5.76 Å². The lowest BCUT2D eigenvalue weighted by Gasteiger charge is -2.33. The van der Waals surface area contributed by atoms with Crippen molar-refractivity contribution in [3.05, 3.63) is 34.3 Å². The highest BCUT2D eigenvalue weighted by atomic mass is 16.4. The van der Waals surface area contributed by atoms with Crippen LogP contribution in [0.2, 0.25) is 0 Å². The second-order valence-electron chi connectivity index (χ2n) is 6.02. The van der Waals surface area contributed by atoms with E-state index in [1.165, 1.54) is 19.3 Å². The normalized spacial score (nSPS) is 20.5. The molecule has 1 aliphatic heterocycles. The van der Waals surface area contributed by atoms with E-state index >= 15 is 0 Å². The van der Waals surface area contributed by atoms with Gasteiger partial charge in [0.2, 0.25) is 0 Å². The first-order valence-corrected chi connectivity index (χ1v) is 7.08. The molecular weight excluding hydrogens is 256 g/mol. The summed E-state index contributed by atoms with van der Waals surface area (Å²) in [5.74, 6) is -0.517. The largest absolute Gasteiger partial charge is 0.417 e. The molecule has 5 heteroatoms. The first-order valence-electron chi connectivity index (χ1n) is 7.08. The number of likely N-dealkylation sites (tertiary alicyclic amines) is 1. The summed E-state index contributed by atoms with van der Waals surface area (Å²) in [6.07, 6.45) is 4.79. The van der Waals surface area contributed by atoms with Gasteiger partial charge in [0.1, 0.15) is 0 Å². The molecule has 104 valence electrons. The molecule has 0 bridgehead atoms. The number of piperidine rings is 1. The number of H-pyrrole nitrogens is 1. The van der Waals surface area contributed by atoms with E-state index in [1.807, 2.05) is 4.90 Å². The van der Waals surface area contributed by atoms with Crippen LogP contribution in [0.4, 0.5) is 0 Å². The van der Waals surface area contributed by atoms with Gasteiger partial charge in [0, 0.05) is 13.1 Å². The third-order valence-corrected chi connectivity index (χ3v) is 4.59. The van der Waals surface area contributed by atoms with Gasteiger partial charge in [0.25, 0.3) is 5.91 Å². The van der Waals surface area contributed by atoms with Crippen molar-refractivity contribution < 1.29 is 9.21 Å². The number of nitrogens with one attached hydrogen (secondary N) is 1. The Morgan fingerprint density at radius 1 is 1.30 bits per heavy atom. The molecule has 1 amide bonds. The molecule has 0 atom stereocenters. The maximum absolute atomic E-state index is 12.7. The minimum Gasteiger partial charge on any atom is -0.408 e. The number of oxazole rings is 1. The summed E-state index contributed by atoms with van der Waals surface area (Å²) in [6.45, 7) is 1.66. The van der Waals surface area contributed by atoms with Gasteiger partial charge in [-0.25, -0.2) is 4.79 Å². The van der Waals surface area contributed by atoms with Gasteiger partial charge in [0.15, 0.2) is 5.58 Å². The number of carbonyl (C=O) groups is 1. The molecular formula is C15H16N2O3. The lowest BCUT2D eigenvalue weighted by Crippen LogP contribution is -2.40. The number of aromatic amines is 1. The van der Waals surface area contributed by atoms with Crippen molar-refractivity contribution in [3.8, 4) is 0 Å². The van der Waals surface area contributed by atoms with Crippen molar-refractivity contribution in [1.82, 2.24) is 9.88 Å². The topological polar surface area (TPSA) is 66.3 Å². The number of para-hydroxylation sites is 1. The Hall–Kier alpha value is -2.04. The fourth-order valence-corrected chi connectivity index (χ4v) is 3.29. The molecule has 1 aromatic carbocycles. The van der Waals surface area contributed by atoms with Gasteiger partial charge in [-0.2, -0.15) is 0 Å². The molecule has 1 spiro atoms. The van der Waals surface area contributed by atoms with Crippen LogP contribution >= 0.6 is 0 Å². The van der Waals surface area contributed by atoms with E-state index < -0.39 is 5.76 Å². The van der Waals surface area contributed by atoms with Crippen LogP contribution in [-0.4, -0.2) is 28.9 Å². The molecule has 1 N–H and O–H groups in total. The third-order valence-electron chi connectivity index (χ3n) is 4.59. The van der Waals surface area contributed by atoms with Crippen molar-refractivity contribution in [2.24, 2.45) is 5.41 Å². The number of rotatable bonds is 1. The smallest absolute Gasteiger partial charge is 0.408 e. The van der Waals surface area contributed by atoms with Gasteiger partial charge in [-0.15, -0.1) is 0 Å². The molecule has 1 saturated carbocycles. The molecule has 1 saturated heterocycles. The number of hydrogen-bond donors (Lipinski definition) is 1. The number of aromatic nitrogens is 1. The van der Waals surface area contributed by atoms with Gasteiger partial charge < -0.3 is 9.32 Å². The van der Waals surface area contributed by atoms with E-state index in [9.17, 15) is 9.59 Å². The molecule has 4 rings (SSSR count). The van der Waals surface area contributed by atoms with Gasteiger partial charge in [0.05, 0.1) is 11.1 Å². The highest BCUT2D eigenvalue weighted by Gasteiger charge is 2.46. The number of benzene rings is 1. The predicted molar refractivity (Wildman–Crippen MR) is 73.6 cm³/mol. The molecule has 20 heavy (non-hydrogen) atoms. The Morgan fingerprint density at radius 3 is 2.95 bits per heavy atom. The van der Waals surface area contributed by atoms with Crippen LogP contribution in [0, 0.1) is 5.41 Å². The molecule has 1 aliphatic carbocycles. The van der Waals surface area contributed by atoms with Crippen LogP contribution in [0.5, 0.6) is 0 Å². The lowest BCUT2D eigenvalue weighted by atomic mass is 9.94. The Labute approximate surface area is 115 Å². The van der Waals surface area contributed by atoms with Gasteiger partial charge in [-0.05, 0) is 43.2 Å². The predicted octanol–water partition coefficient (Wildman–Crippen LogP) is 2.14. The fraction of sp³-hybridized carbons (Fsp3) is 0.467. The average molecular weight is 272 g/mol. The van der Waals surface area contributed by atoms with Gasteiger partial charge >= 0.3 is 5.76 Å². The molecule has 0 radical (unpaired) electrons. The molecule has 2 fully saturated rings. The van der Waals surface area contributed by atoms with Crippen LogP contribution in [0.15, 0.2) is 27.4 Å². The van der Waals surface area contributed by atoms with Crippen LogP contribution in [0.3, 0.4) is 0 Å². The number of fused-ring (bicyclic) bond motifs is 1. The molecule has 2 aromatic rings. The Bertz CT molecular complexity index is 739. The summed E-state index contributed by atoms with van der Waals surface area (Å²) in [4.78, 5) is 28.5. The Kier molecular flexibility index (Phi) is 2.34. The zero-order valence-electron chi connectivity index (χ0n) is 11.1. The average Bonchev–Trinajstić information content (AvgIpc) is 3.06. The zero-order valence-corrected chi connectivity index (χ0v) is 11.1. The zero-order chi connectivity index (χ0) is 13.7. The quantitative estimate of drug-likeness (QED) is 0.864. The highest BCUT2D eigenvalue weighted by Crippen LogP contribution is 2.52. The van der Waals surface area contributed by atoms with Crippen molar-refractivity contribution >= 4 is 17.0 Å². The van der Waals surface area contributed by atoms with Crippen LogP contribution in [0.1, 0.15) is 36.0 Å². The van der Waals surface area contributed by atoms with Crippen LogP contribution in [0.25, 0.3) is 11.1 Å². The van der Waals surface area contributed by atoms with Crippen molar-refractivity contribution in [2.45, 2.75) is 25.7 Å². The van der Waals surface area contributed by atoms with E-state index in [-0.39, 0.29) is 5.91 Å².